The maximum atomic E-state index is 14.2. The lowest BCUT2D eigenvalue weighted by Crippen LogP contribution is -2.46. The predicted octanol–water partition coefficient (Wildman–Crippen LogP) is 3.35. The summed E-state index contributed by atoms with van der Waals surface area (Å²) in [6, 6.07) is 11.6. The molecule has 13 heteroatoms. The van der Waals surface area contributed by atoms with Gasteiger partial charge in [0.15, 0.2) is 5.03 Å². The highest BCUT2D eigenvalue weighted by molar-refractivity contribution is 7.89. The van der Waals surface area contributed by atoms with E-state index in [0.717, 1.165) is 56.1 Å². The molecule has 44 heavy (non-hydrogen) atoms. The summed E-state index contributed by atoms with van der Waals surface area (Å²) < 4.78 is 33.8. The predicted molar refractivity (Wildman–Crippen MR) is 166 cm³/mol. The smallest absolute Gasteiger partial charge is 0.262 e. The molecule has 3 aromatic heterocycles. The lowest BCUT2D eigenvalue weighted by Gasteiger charge is -2.37. The molecule has 2 aliphatic rings. The van der Waals surface area contributed by atoms with Gasteiger partial charge in [-0.1, -0.05) is 0 Å². The number of benzene rings is 1. The third-order valence-electron chi connectivity index (χ3n) is 8.94. The van der Waals surface area contributed by atoms with Crippen molar-refractivity contribution in [2.24, 2.45) is 20.0 Å². The lowest BCUT2D eigenvalue weighted by atomic mass is 9.96. The Labute approximate surface area is 258 Å². The van der Waals surface area contributed by atoms with E-state index >= 15 is 0 Å². The van der Waals surface area contributed by atoms with E-state index in [4.69, 9.17) is 0 Å². The second-order valence-corrected chi connectivity index (χ2v) is 13.7. The summed E-state index contributed by atoms with van der Waals surface area (Å²) in [7, 11) is -0.0455. The highest BCUT2D eigenvalue weighted by Crippen LogP contribution is 2.36. The van der Waals surface area contributed by atoms with Gasteiger partial charge in [0.25, 0.3) is 10.0 Å². The Balaban J connectivity index is 1.24. The van der Waals surface area contributed by atoms with Gasteiger partial charge in [0.1, 0.15) is 0 Å². The second kappa shape index (κ2) is 12.8. The number of imidazole rings is 2. The van der Waals surface area contributed by atoms with Crippen LogP contribution in [-0.2, 0) is 30.7 Å². The van der Waals surface area contributed by atoms with Gasteiger partial charge >= 0.3 is 0 Å². The Morgan fingerprint density at radius 2 is 1.70 bits per heavy atom. The Hall–Kier alpha value is -4.28. The van der Waals surface area contributed by atoms with Crippen molar-refractivity contribution in [1.82, 2.24) is 33.4 Å². The van der Waals surface area contributed by atoms with Crippen molar-refractivity contribution in [1.29, 1.82) is 5.26 Å². The second-order valence-electron chi connectivity index (χ2n) is 11.8. The Morgan fingerprint density at radius 1 is 0.977 bits per heavy atom. The molecule has 0 spiro atoms. The highest BCUT2D eigenvalue weighted by atomic mass is 32.2. The number of aromatic nitrogens is 6. The van der Waals surface area contributed by atoms with Crippen molar-refractivity contribution in [2.45, 2.75) is 55.8 Å². The van der Waals surface area contributed by atoms with Crippen LogP contribution in [0.1, 0.15) is 43.4 Å². The van der Waals surface area contributed by atoms with Gasteiger partial charge in [0.05, 0.1) is 36.5 Å². The summed E-state index contributed by atoms with van der Waals surface area (Å²) >= 11 is 0. The number of rotatable bonds is 10. The first-order valence-electron chi connectivity index (χ1n) is 15.1. The van der Waals surface area contributed by atoms with Gasteiger partial charge in [-0.15, -0.1) is 0 Å². The third-order valence-corrected chi connectivity index (χ3v) is 10.7. The van der Waals surface area contributed by atoms with E-state index in [1.54, 1.807) is 47.2 Å². The number of piperidine rings is 1. The molecule has 1 aliphatic carbocycles. The van der Waals surface area contributed by atoms with Gasteiger partial charge in [-0.05, 0) is 68.4 Å². The first-order valence-corrected chi connectivity index (χ1v) is 16.5. The van der Waals surface area contributed by atoms with Crippen LogP contribution in [0, 0.1) is 17.2 Å². The molecule has 1 aliphatic heterocycles. The maximum Gasteiger partial charge on any atom is 0.262 e. The van der Waals surface area contributed by atoms with Crippen LogP contribution in [0.3, 0.4) is 0 Å². The topological polar surface area (TPSA) is 129 Å². The van der Waals surface area contributed by atoms with Crippen molar-refractivity contribution >= 4 is 21.7 Å². The van der Waals surface area contributed by atoms with Crippen molar-refractivity contribution < 1.29 is 8.42 Å². The molecule has 0 N–H and O–H groups in total. The minimum Gasteiger partial charge on any atom is -0.363 e. The van der Waals surface area contributed by atoms with Crippen molar-refractivity contribution in [3.63, 3.8) is 0 Å². The van der Waals surface area contributed by atoms with Crippen LogP contribution in [0.5, 0.6) is 0 Å². The van der Waals surface area contributed by atoms with Crippen LogP contribution < -0.4 is 9.80 Å². The standard InChI is InChI=1S/C31H38N10O2S/c1-37-21-30(36-23-37)44(42,43)41(19-25-10-14-39(15-11-25)31-34-12-3-13-35-31)28-9-8-27(16-28)40(20-29-18-33-22-38(29)2)26-6-4-24(17-32)5-7-26/h3-7,12-13,18,21-23,25,27-28H,8-11,14-16,19-20H2,1-2H3/t27-,28+/m1/s1. The van der Waals surface area contributed by atoms with Crippen LogP contribution in [0.2, 0.25) is 0 Å². The minimum absolute atomic E-state index is 0.0948. The number of hydrogen-bond acceptors (Lipinski definition) is 9. The minimum atomic E-state index is -3.81. The summed E-state index contributed by atoms with van der Waals surface area (Å²) in [6.45, 7) is 2.67. The van der Waals surface area contributed by atoms with E-state index in [9.17, 15) is 13.7 Å². The van der Waals surface area contributed by atoms with Gasteiger partial charge in [-0.2, -0.15) is 9.57 Å². The van der Waals surface area contributed by atoms with Gasteiger partial charge in [-0.25, -0.2) is 28.4 Å². The zero-order valence-corrected chi connectivity index (χ0v) is 26.0. The molecule has 2 atom stereocenters. The molecular formula is C31H38N10O2S. The average Bonchev–Trinajstić information content (AvgIpc) is 3.81. The molecule has 230 valence electrons. The van der Waals surface area contributed by atoms with E-state index in [2.05, 4.69) is 35.8 Å². The zero-order valence-electron chi connectivity index (χ0n) is 25.1. The van der Waals surface area contributed by atoms with Crippen LogP contribution in [0.25, 0.3) is 0 Å². The summed E-state index contributed by atoms with van der Waals surface area (Å²) in [5.41, 5.74) is 2.67. The number of aryl methyl sites for hydroxylation is 2. The molecule has 1 saturated carbocycles. The fourth-order valence-corrected chi connectivity index (χ4v) is 8.17. The summed E-state index contributed by atoms with van der Waals surface area (Å²) in [5, 5.41) is 9.44. The van der Waals surface area contributed by atoms with Crippen molar-refractivity contribution in [3.05, 3.63) is 79.0 Å². The first-order chi connectivity index (χ1) is 21.3. The molecule has 6 rings (SSSR count). The van der Waals surface area contributed by atoms with Crippen LogP contribution in [0.4, 0.5) is 11.6 Å². The SMILES string of the molecule is Cn1cnc(S(=O)(=O)N(CC2CCN(c3ncccn3)CC2)[C@H]2CC[C@@H](N(Cc3cncn3C)c3ccc(C#N)cc3)C2)c1. The largest absolute Gasteiger partial charge is 0.363 e. The number of nitriles is 1. The lowest BCUT2D eigenvalue weighted by molar-refractivity contribution is 0.250. The molecule has 2 fully saturated rings. The fraction of sp³-hybridized carbons (Fsp3) is 0.452. The fourth-order valence-electron chi connectivity index (χ4n) is 6.46. The molecule has 1 saturated heterocycles. The Morgan fingerprint density at radius 3 is 2.34 bits per heavy atom. The maximum absolute atomic E-state index is 14.2. The summed E-state index contributed by atoms with van der Waals surface area (Å²) in [6.07, 6.45) is 14.3. The van der Waals surface area contributed by atoms with Gasteiger partial charge in [-0.3, -0.25) is 0 Å². The highest BCUT2D eigenvalue weighted by Gasteiger charge is 2.41. The quantitative estimate of drug-likeness (QED) is 0.264. The van der Waals surface area contributed by atoms with E-state index in [0.29, 0.717) is 25.1 Å². The number of anilines is 2. The van der Waals surface area contributed by atoms with Gasteiger partial charge in [0.2, 0.25) is 5.95 Å². The van der Waals surface area contributed by atoms with Crippen LogP contribution in [0.15, 0.2) is 72.8 Å². The molecule has 4 aromatic rings. The molecule has 0 radical (unpaired) electrons. The monoisotopic (exact) mass is 614 g/mol. The van der Waals surface area contributed by atoms with Crippen LogP contribution >= 0.6 is 0 Å². The molecule has 12 nitrogen and oxygen atoms in total. The van der Waals surface area contributed by atoms with E-state index in [-0.39, 0.29) is 23.0 Å². The van der Waals surface area contributed by atoms with E-state index in [1.807, 2.05) is 48.1 Å². The van der Waals surface area contributed by atoms with Gasteiger partial charge < -0.3 is 18.9 Å². The molecule has 0 unspecified atom stereocenters. The van der Waals surface area contributed by atoms with E-state index in [1.165, 1.54) is 0 Å². The van der Waals surface area contributed by atoms with E-state index < -0.39 is 10.0 Å². The Bertz CT molecular complexity index is 1690. The molecule has 4 heterocycles. The van der Waals surface area contributed by atoms with Crippen molar-refractivity contribution in [3.8, 4) is 6.07 Å². The number of hydrogen-bond donors (Lipinski definition) is 0. The molecular weight excluding hydrogens is 576 g/mol. The number of nitrogens with zero attached hydrogens (tertiary/aromatic N) is 10. The van der Waals surface area contributed by atoms with Crippen LogP contribution in [-0.4, -0.2) is 73.5 Å². The third kappa shape index (κ3) is 6.32. The molecule has 0 bridgehead atoms. The first kappa shape index (κ1) is 29.8. The number of sulfonamides is 1. The van der Waals surface area contributed by atoms with Crippen molar-refractivity contribution in [2.75, 3.05) is 29.4 Å². The zero-order chi connectivity index (χ0) is 30.7. The normalized spacial score (nSPS) is 19.4. The summed E-state index contributed by atoms with van der Waals surface area (Å²) in [5.74, 6) is 0.940. The van der Waals surface area contributed by atoms with Gasteiger partial charge in [0, 0.05) is 76.3 Å². The summed E-state index contributed by atoms with van der Waals surface area (Å²) in [4.78, 5) is 21.9. The average molecular weight is 615 g/mol. The Kier molecular flexibility index (Phi) is 8.63. The molecule has 0 amide bonds. The molecule has 1 aromatic carbocycles.